The number of halogens is 1. The van der Waals surface area contributed by atoms with Crippen LogP contribution in [0.1, 0.15) is 32.8 Å². The SMILES string of the molecule is CCC(C)(C)Oc1ccc(C(N)=NO)cc1Cl. The lowest BCUT2D eigenvalue weighted by Crippen LogP contribution is -2.27. The summed E-state index contributed by atoms with van der Waals surface area (Å²) in [6.45, 7) is 6.01. The van der Waals surface area contributed by atoms with Gasteiger partial charge in [0.2, 0.25) is 0 Å². The van der Waals surface area contributed by atoms with E-state index in [9.17, 15) is 0 Å². The summed E-state index contributed by atoms with van der Waals surface area (Å²) in [6, 6.07) is 5.02. The molecule has 4 nitrogen and oxygen atoms in total. The summed E-state index contributed by atoms with van der Waals surface area (Å²) >= 11 is 6.08. The van der Waals surface area contributed by atoms with Crippen molar-refractivity contribution in [3.8, 4) is 5.75 Å². The molecule has 0 unspecified atom stereocenters. The second kappa shape index (κ2) is 5.27. The first-order valence-corrected chi connectivity index (χ1v) is 5.74. The Morgan fingerprint density at radius 1 is 1.53 bits per heavy atom. The lowest BCUT2D eigenvalue weighted by atomic mass is 10.1. The topological polar surface area (TPSA) is 67.8 Å². The van der Waals surface area contributed by atoms with Gasteiger partial charge >= 0.3 is 0 Å². The highest BCUT2D eigenvalue weighted by Gasteiger charge is 2.18. The molecule has 1 aromatic carbocycles. The summed E-state index contributed by atoms with van der Waals surface area (Å²) in [6.07, 6.45) is 0.866. The summed E-state index contributed by atoms with van der Waals surface area (Å²) in [5.41, 5.74) is 5.75. The maximum absolute atomic E-state index is 8.56. The number of hydrogen-bond donors (Lipinski definition) is 2. The molecule has 3 N–H and O–H groups in total. The van der Waals surface area contributed by atoms with Gasteiger partial charge in [-0.05, 0) is 38.5 Å². The van der Waals surface area contributed by atoms with Crippen LogP contribution in [0.4, 0.5) is 0 Å². The number of oxime groups is 1. The molecule has 0 aliphatic heterocycles. The van der Waals surface area contributed by atoms with Gasteiger partial charge in [0.25, 0.3) is 0 Å². The van der Waals surface area contributed by atoms with Crippen molar-refractivity contribution in [1.29, 1.82) is 0 Å². The van der Waals surface area contributed by atoms with E-state index in [1.54, 1.807) is 18.2 Å². The maximum Gasteiger partial charge on any atom is 0.170 e. The fourth-order valence-electron chi connectivity index (χ4n) is 1.17. The summed E-state index contributed by atoms with van der Waals surface area (Å²) in [7, 11) is 0. The highest BCUT2D eigenvalue weighted by atomic mass is 35.5. The molecule has 0 saturated heterocycles. The predicted octanol–water partition coefficient (Wildman–Crippen LogP) is 3.00. The minimum Gasteiger partial charge on any atom is -0.486 e. The Morgan fingerprint density at radius 3 is 2.65 bits per heavy atom. The van der Waals surface area contributed by atoms with E-state index in [1.807, 2.05) is 20.8 Å². The van der Waals surface area contributed by atoms with Crippen molar-refractivity contribution in [2.75, 3.05) is 0 Å². The monoisotopic (exact) mass is 256 g/mol. The molecular weight excluding hydrogens is 240 g/mol. The van der Waals surface area contributed by atoms with Gasteiger partial charge in [-0.1, -0.05) is 23.7 Å². The van der Waals surface area contributed by atoms with Gasteiger partial charge in [-0.15, -0.1) is 0 Å². The Balaban J connectivity index is 2.99. The highest BCUT2D eigenvalue weighted by molar-refractivity contribution is 6.32. The highest BCUT2D eigenvalue weighted by Crippen LogP contribution is 2.29. The Bertz CT molecular complexity index is 431. The Hall–Kier alpha value is -1.42. The fourth-order valence-corrected chi connectivity index (χ4v) is 1.39. The quantitative estimate of drug-likeness (QED) is 0.377. The molecule has 0 aliphatic rings. The van der Waals surface area contributed by atoms with Gasteiger partial charge in [0, 0.05) is 5.56 Å². The van der Waals surface area contributed by atoms with E-state index in [4.69, 9.17) is 27.3 Å². The molecule has 17 heavy (non-hydrogen) atoms. The van der Waals surface area contributed by atoms with Crippen LogP contribution in [-0.4, -0.2) is 16.6 Å². The van der Waals surface area contributed by atoms with E-state index in [-0.39, 0.29) is 11.4 Å². The van der Waals surface area contributed by atoms with Crippen LogP contribution >= 0.6 is 11.6 Å². The number of hydrogen-bond acceptors (Lipinski definition) is 3. The van der Waals surface area contributed by atoms with Gasteiger partial charge < -0.3 is 15.7 Å². The largest absolute Gasteiger partial charge is 0.486 e. The molecule has 0 amide bonds. The molecule has 0 aromatic heterocycles. The normalized spacial score (nSPS) is 12.6. The third-order valence-corrected chi connectivity index (χ3v) is 2.87. The van der Waals surface area contributed by atoms with Gasteiger partial charge in [0.15, 0.2) is 5.84 Å². The molecule has 0 fully saturated rings. The smallest absolute Gasteiger partial charge is 0.170 e. The maximum atomic E-state index is 8.56. The van der Waals surface area contributed by atoms with Crippen LogP contribution in [0.3, 0.4) is 0 Å². The number of benzene rings is 1. The number of ether oxygens (including phenoxy) is 1. The molecule has 94 valence electrons. The van der Waals surface area contributed by atoms with E-state index in [0.29, 0.717) is 16.3 Å². The zero-order valence-electron chi connectivity index (χ0n) is 10.2. The second-order valence-electron chi connectivity index (χ2n) is 4.35. The van der Waals surface area contributed by atoms with E-state index in [1.165, 1.54) is 0 Å². The minimum absolute atomic E-state index is 0.0215. The third kappa shape index (κ3) is 3.53. The Morgan fingerprint density at radius 2 is 2.18 bits per heavy atom. The van der Waals surface area contributed by atoms with Crippen LogP contribution in [0.15, 0.2) is 23.4 Å². The van der Waals surface area contributed by atoms with Crippen molar-refractivity contribution in [3.63, 3.8) is 0 Å². The minimum atomic E-state index is -0.276. The van der Waals surface area contributed by atoms with Crippen molar-refractivity contribution in [2.45, 2.75) is 32.8 Å². The summed E-state index contributed by atoms with van der Waals surface area (Å²) < 4.78 is 5.78. The van der Waals surface area contributed by atoms with Gasteiger partial charge in [-0.3, -0.25) is 0 Å². The van der Waals surface area contributed by atoms with Crippen LogP contribution in [-0.2, 0) is 0 Å². The molecular formula is C12H17ClN2O2. The van der Waals surface area contributed by atoms with Gasteiger partial charge in [0.1, 0.15) is 11.4 Å². The average Bonchev–Trinajstić information content (AvgIpc) is 2.30. The average molecular weight is 257 g/mol. The second-order valence-corrected chi connectivity index (χ2v) is 4.75. The number of rotatable bonds is 4. The van der Waals surface area contributed by atoms with Gasteiger partial charge in [-0.25, -0.2) is 0 Å². The van der Waals surface area contributed by atoms with Crippen LogP contribution in [0.2, 0.25) is 5.02 Å². The molecule has 1 rings (SSSR count). The molecule has 1 aromatic rings. The molecule has 0 saturated carbocycles. The number of nitrogens with two attached hydrogens (primary N) is 1. The first kappa shape index (κ1) is 13.6. The first-order valence-electron chi connectivity index (χ1n) is 5.36. The van der Waals surface area contributed by atoms with E-state index < -0.39 is 0 Å². The summed E-state index contributed by atoms with van der Waals surface area (Å²) in [5, 5.41) is 11.9. The van der Waals surface area contributed by atoms with Crippen molar-refractivity contribution >= 4 is 17.4 Å². The lowest BCUT2D eigenvalue weighted by molar-refractivity contribution is 0.105. The summed E-state index contributed by atoms with van der Waals surface area (Å²) in [4.78, 5) is 0. The molecule has 0 heterocycles. The molecule has 0 bridgehead atoms. The first-order chi connectivity index (χ1) is 7.89. The molecule has 5 heteroatoms. The van der Waals surface area contributed by atoms with Gasteiger partial charge in [0.05, 0.1) is 5.02 Å². The third-order valence-electron chi connectivity index (χ3n) is 2.57. The van der Waals surface area contributed by atoms with Crippen molar-refractivity contribution < 1.29 is 9.94 Å². The number of nitrogens with zero attached hydrogens (tertiary/aromatic N) is 1. The summed E-state index contributed by atoms with van der Waals surface area (Å²) in [5.74, 6) is 0.612. The van der Waals surface area contributed by atoms with Crippen molar-refractivity contribution in [1.82, 2.24) is 0 Å². The van der Waals surface area contributed by atoms with Crippen LogP contribution < -0.4 is 10.5 Å². The fraction of sp³-hybridized carbons (Fsp3) is 0.417. The van der Waals surface area contributed by atoms with Crippen LogP contribution in [0.25, 0.3) is 0 Å². The lowest BCUT2D eigenvalue weighted by Gasteiger charge is -2.25. The Labute approximate surface area is 106 Å². The standard InChI is InChI=1S/C12H17ClN2O2/c1-4-12(2,3)17-10-6-5-8(7-9(10)13)11(14)15-16/h5-7,16H,4H2,1-3H3,(H2,14,15). The Kier molecular flexibility index (Phi) is 4.23. The molecule has 0 spiro atoms. The number of amidine groups is 1. The van der Waals surface area contributed by atoms with Crippen molar-refractivity contribution in [3.05, 3.63) is 28.8 Å². The van der Waals surface area contributed by atoms with E-state index in [2.05, 4.69) is 5.16 Å². The van der Waals surface area contributed by atoms with Crippen molar-refractivity contribution in [2.24, 2.45) is 10.9 Å². The zero-order chi connectivity index (χ0) is 13.1. The van der Waals surface area contributed by atoms with Crippen LogP contribution in [0.5, 0.6) is 5.75 Å². The van der Waals surface area contributed by atoms with Gasteiger partial charge in [-0.2, -0.15) is 0 Å². The van der Waals surface area contributed by atoms with Crippen LogP contribution in [0, 0.1) is 0 Å². The predicted molar refractivity (Wildman–Crippen MR) is 69.0 cm³/mol. The van der Waals surface area contributed by atoms with E-state index >= 15 is 0 Å². The molecule has 0 aliphatic carbocycles. The van der Waals surface area contributed by atoms with E-state index in [0.717, 1.165) is 6.42 Å². The molecule has 0 radical (unpaired) electrons. The zero-order valence-corrected chi connectivity index (χ0v) is 11.0. The molecule has 0 atom stereocenters.